The zero-order valence-corrected chi connectivity index (χ0v) is 14.2. The second kappa shape index (κ2) is 6.16. The fraction of sp³-hybridized carbons (Fsp3) is 0.294. The molecule has 3 N–H and O–H groups in total. The standard InChI is InChI=1S/C17H16N4O5/c1-22-6-10-14-13(9(5-18)16(19)26-17(14)21-20-10)8-3-11(23-2)15-12(4-8)24-7-25-15/h3-4,13H,6-7,19H2,1-2H3,(H,20,21)/t13-/m0/s1. The molecule has 0 saturated carbocycles. The number of hydrogen-bond acceptors (Lipinski definition) is 8. The Bertz CT molecular complexity index is 943. The number of aromatic nitrogens is 2. The molecule has 0 unspecified atom stereocenters. The number of aromatic amines is 1. The van der Waals surface area contributed by atoms with Gasteiger partial charge in [0, 0.05) is 7.11 Å². The van der Waals surface area contributed by atoms with Crippen LogP contribution < -0.4 is 24.7 Å². The van der Waals surface area contributed by atoms with Gasteiger partial charge in [-0.2, -0.15) is 5.26 Å². The largest absolute Gasteiger partial charge is 0.493 e. The van der Waals surface area contributed by atoms with Crippen molar-refractivity contribution in [3.8, 4) is 29.2 Å². The van der Waals surface area contributed by atoms with Crippen LogP contribution in [0.2, 0.25) is 0 Å². The molecule has 0 aliphatic carbocycles. The van der Waals surface area contributed by atoms with Crippen molar-refractivity contribution in [2.45, 2.75) is 12.5 Å². The first-order chi connectivity index (χ1) is 12.7. The van der Waals surface area contributed by atoms with Crippen LogP contribution in [0.3, 0.4) is 0 Å². The fourth-order valence-electron chi connectivity index (χ4n) is 3.21. The van der Waals surface area contributed by atoms with Gasteiger partial charge in [-0.1, -0.05) is 0 Å². The highest BCUT2D eigenvalue weighted by Gasteiger charge is 2.36. The molecule has 0 bridgehead atoms. The Kier molecular flexibility index (Phi) is 3.82. The number of nitrogens with zero attached hydrogens (tertiary/aromatic N) is 2. The topological polar surface area (TPSA) is 125 Å². The number of nitrogens with one attached hydrogen (secondary N) is 1. The Morgan fingerprint density at radius 2 is 2.23 bits per heavy atom. The lowest BCUT2D eigenvalue weighted by Gasteiger charge is -2.24. The van der Waals surface area contributed by atoms with Gasteiger partial charge in [0.2, 0.25) is 24.3 Å². The van der Waals surface area contributed by atoms with Crippen molar-refractivity contribution in [2.75, 3.05) is 21.0 Å². The fourth-order valence-corrected chi connectivity index (χ4v) is 3.21. The molecule has 0 amide bonds. The van der Waals surface area contributed by atoms with Crippen molar-refractivity contribution in [1.82, 2.24) is 10.2 Å². The maximum Gasteiger partial charge on any atom is 0.244 e. The summed E-state index contributed by atoms with van der Waals surface area (Å²) >= 11 is 0. The van der Waals surface area contributed by atoms with Gasteiger partial charge in [0.1, 0.15) is 11.6 Å². The predicted molar refractivity (Wildman–Crippen MR) is 87.7 cm³/mol. The monoisotopic (exact) mass is 356 g/mol. The lowest BCUT2D eigenvalue weighted by molar-refractivity contribution is 0.171. The normalized spacial score (nSPS) is 17.5. The van der Waals surface area contributed by atoms with Crippen LogP contribution in [0.15, 0.2) is 23.6 Å². The first-order valence-corrected chi connectivity index (χ1v) is 7.79. The number of methoxy groups -OCH3 is 2. The van der Waals surface area contributed by atoms with Gasteiger partial charge in [0.05, 0.1) is 30.9 Å². The van der Waals surface area contributed by atoms with Crippen molar-refractivity contribution < 1.29 is 23.7 Å². The summed E-state index contributed by atoms with van der Waals surface area (Å²) in [6, 6.07) is 5.74. The molecule has 2 aliphatic heterocycles. The Labute approximate surface area is 148 Å². The Morgan fingerprint density at radius 1 is 1.38 bits per heavy atom. The lowest BCUT2D eigenvalue weighted by Crippen LogP contribution is -2.21. The molecule has 3 heterocycles. The van der Waals surface area contributed by atoms with E-state index < -0.39 is 5.92 Å². The van der Waals surface area contributed by atoms with Crippen LogP contribution in [0.1, 0.15) is 22.7 Å². The molecule has 134 valence electrons. The number of H-pyrrole nitrogens is 1. The molecular weight excluding hydrogens is 340 g/mol. The maximum atomic E-state index is 9.68. The smallest absolute Gasteiger partial charge is 0.244 e. The minimum Gasteiger partial charge on any atom is -0.493 e. The molecule has 9 heteroatoms. The molecule has 26 heavy (non-hydrogen) atoms. The molecule has 1 aromatic carbocycles. The second-order valence-electron chi connectivity index (χ2n) is 5.74. The molecule has 2 aromatic rings. The summed E-state index contributed by atoms with van der Waals surface area (Å²) in [7, 11) is 3.12. The highest BCUT2D eigenvalue weighted by Crippen LogP contribution is 2.48. The van der Waals surface area contributed by atoms with Crippen molar-refractivity contribution >= 4 is 0 Å². The van der Waals surface area contributed by atoms with Crippen molar-refractivity contribution in [2.24, 2.45) is 5.73 Å². The van der Waals surface area contributed by atoms with Crippen molar-refractivity contribution in [3.05, 3.63) is 40.4 Å². The number of hydrogen-bond donors (Lipinski definition) is 2. The quantitative estimate of drug-likeness (QED) is 0.844. The number of fused-ring (bicyclic) bond motifs is 2. The van der Waals surface area contributed by atoms with E-state index in [0.29, 0.717) is 34.4 Å². The summed E-state index contributed by atoms with van der Waals surface area (Å²) < 4.78 is 27.1. The predicted octanol–water partition coefficient (Wildman–Crippen LogP) is 1.51. The van der Waals surface area contributed by atoms with E-state index in [1.807, 2.05) is 0 Å². The van der Waals surface area contributed by atoms with Crippen LogP contribution >= 0.6 is 0 Å². The molecule has 4 rings (SSSR count). The van der Waals surface area contributed by atoms with E-state index in [2.05, 4.69) is 16.3 Å². The number of nitrogens with two attached hydrogens (primary N) is 1. The maximum absolute atomic E-state index is 9.68. The van der Waals surface area contributed by atoms with Gasteiger partial charge < -0.3 is 29.4 Å². The van der Waals surface area contributed by atoms with E-state index in [4.69, 9.17) is 29.4 Å². The molecule has 0 fully saturated rings. The summed E-state index contributed by atoms with van der Waals surface area (Å²) in [6.45, 7) is 0.389. The van der Waals surface area contributed by atoms with Gasteiger partial charge in [0.25, 0.3) is 0 Å². The molecule has 1 atom stereocenters. The Morgan fingerprint density at radius 3 is 2.96 bits per heavy atom. The van der Waals surface area contributed by atoms with E-state index in [1.165, 1.54) is 0 Å². The third-order valence-corrected chi connectivity index (χ3v) is 4.32. The summed E-state index contributed by atoms with van der Waals surface area (Å²) in [5, 5.41) is 16.7. The van der Waals surface area contributed by atoms with Gasteiger partial charge in [0.15, 0.2) is 11.5 Å². The van der Waals surface area contributed by atoms with Crippen LogP contribution in [0.4, 0.5) is 0 Å². The van der Waals surface area contributed by atoms with Gasteiger partial charge >= 0.3 is 0 Å². The third kappa shape index (κ3) is 2.31. The second-order valence-corrected chi connectivity index (χ2v) is 5.74. The SMILES string of the molecule is COCc1[nH]nc2c1[C@@H](c1cc(OC)c3c(c1)OCO3)C(C#N)=C(N)O2. The molecular formula is C17H16N4O5. The minimum atomic E-state index is -0.504. The van der Waals surface area contributed by atoms with Crippen molar-refractivity contribution in [1.29, 1.82) is 5.26 Å². The van der Waals surface area contributed by atoms with Gasteiger partial charge in [-0.25, -0.2) is 0 Å². The van der Waals surface area contributed by atoms with Crippen LogP contribution in [-0.2, 0) is 11.3 Å². The molecule has 9 nitrogen and oxygen atoms in total. The van der Waals surface area contributed by atoms with Crippen LogP contribution in [0.25, 0.3) is 0 Å². The number of ether oxygens (including phenoxy) is 5. The van der Waals surface area contributed by atoms with Crippen LogP contribution in [-0.4, -0.2) is 31.2 Å². The first kappa shape index (κ1) is 16.1. The zero-order chi connectivity index (χ0) is 18.3. The number of allylic oxidation sites excluding steroid dienone is 1. The van der Waals surface area contributed by atoms with Gasteiger partial charge in [-0.05, 0) is 17.7 Å². The molecule has 0 saturated heterocycles. The summed E-state index contributed by atoms with van der Waals surface area (Å²) in [4.78, 5) is 0. The van der Waals surface area contributed by atoms with Gasteiger partial charge in [-0.3, -0.25) is 5.10 Å². The molecule has 1 aromatic heterocycles. The van der Waals surface area contributed by atoms with E-state index in [-0.39, 0.29) is 24.9 Å². The Hall–Kier alpha value is -3.38. The minimum absolute atomic E-state index is 0.0112. The van der Waals surface area contributed by atoms with E-state index in [0.717, 1.165) is 5.56 Å². The highest BCUT2D eigenvalue weighted by atomic mass is 16.7. The third-order valence-electron chi connectivity index (χ3n) is 4.32. The Balaban J connectivity index is 1.93. The first-order valence-electron chi connectivity index (χ1n) is 7.79. The lowest BCUT2D eigenvalue weighted by atomic mass is 9.83. The van der Waals surface area contributed by atoms with Gasteiger partial charge in [-0.15, -0.1) is 5.10 Å². The molecule has 0 radical (unpaired) electrons. The van der Waals surface area contributed by atoms with Crippen LogP contribution in [0, 0.1) is 11.3 Å². The molecule has 0 spiro atoms. The average molecular weight is 356 g/mol. The van der Waals surface area contributed by atoms with E-state index in [1.54, 1.807) is 26.4 Å². The summed E-state index contributed by atoms with van der Waals surface area (Å²) in [5.74, 6) is 1.40. The van der Waals surface area contributed by atoms with E-state index in [9.17, 15) is 5.26 Å². The average Bonchev–Trinajstić information content (AvgIpc) is 3.27. The number of benzene rings is 1. The van der Waals surface area contributed by atoms with Crippen LogP contribution in [0.5, 0.6) is 23.1 Å². The van der Waals surface area contributed by atoms with E-state index >= 15 is 0 Å². The number of rotatable bonds is 4. The zero-order valence-electron chi connectivity index (χ0n) is 14.2. The number of nitriles is 1. The summed E-state index contributed by atoms with van der Waals surface area (Å²) in [6.07, 6.45) is 0. The highest BCUT2D eigenvalue weighted by molar-refractivity contribution is 5.61. The summed E-state index contributed by atoms with van der Waals surface area (Å²) in [5.41, 5.74) is 8.37. The molecule has 2 aliphatic rings. The van der Waals surface area contributed by atoms with Crippen molar-refractivity contribution in [3.63, 3.8) is 0 Å².